The Morgan fingerprint density at radius 2 is 2.09 bits per heavy atom. The second-order valence-corrected chi connectivity index (χ2v) is 8.57. The molecular weight excluding hydrogens is 435 g/mol. The average molecular weight is 463 g/mol. The third kappa shape index (κ3) is 4.02. The molecule has 1 aliphatic heterocycles. The van der Waals surface area contributed by atoms with Crippen LogP contribution in [-0.4, -0.2) is 50.8 Å². The maximum Gasteiger partial charge on any atom is 0.252 e. The third-order valence-corrected chi connectivity index (χ3v) is 6.44. The van der Waals surface area contributed by atoms with Crippen LogP contribution >= 0.6 is 0 Å². The highest BCUT2D eigenvalue weighted by molar-refractivity contribution is 5.97. The number of ether oxygens (including phenoxy) is 1. The molecule has 0 radical (unpaired) electrons. The molecule has 1 aliphatic carbocycles. The second kappa shape index (κ2) is 9.24. The molecule has 0 spiro atoms. The van der Waals surface area contributed by atoms with Crippen LogP contribution in [0.2, 0.25) is 0 Å². The minimum atomic E-state index is -0.604. The van der Waals surface area contributed by atoms with E-state index < -0.39 is 12.7 Å². The highest BCUT2D eigenvalue weighted by atomic mass is 19.1. The van der Waals surface area contributed by atoms with Crippen molar-refractivity contribution < 1.29 is 13.9 Å². The average Bonchev–Trinajstić information content (AvgIpc) is 3.49. The number of aromatic nitrogens is 5. The summed E-state index contributed by atoms with van der Waals surface area (Å²) in [6.45, 7) is 1.37. The van der Waals surface area contributed by atoms with E-state index in [1.165, 1.54) is 0 Å². The van der Waals surface area contributed by atoms with Crippen LogP contribution in [0.4, 0.5) is 10.1 Å². The monoisotopic (exact) mass is 462 g/mol. The molecule has 0 N–H and O–H groups in total. The fourth-order valence-corrected chi connectivity index (χ4v) is 4.71. The standard InChI is InChI=1S/C25H27FN6O2/c1-17-14-30(16-27-17)22-9-8-19(13-24(22)34-2)20-15-32(29-28-20)23-10-7-18-5-3-4-6-21(18)31(12-11-26)25(23)33/h3-6,9,13-16,19,23H,7-8,10-12H2,1-2H3. The second-order valence-electron chi connectivity index (χ2n) is 8.57. The van der Waals surface area contributed by atoms with Crippen molar-refractivity contribution in [2.24, 2.45) is 0 Å². The Balaban J connectivity index is 1.39. The summed E-state index contributed by atoms with van der Waals surface area (Å²) in [5.74, 6) is 0.545. The number of carbonyl (C=O) groups is 1. The number of carbonyl (C=O) groups excluding carboxylic acids is 1. The molecule has 5 rings (SSSR count). The Kier molecular flexibility index (Phi) is 6.00. The molecule has 176 valence electrons. The van der Waals surface area contributed by atoms with Crippen LogP contribution in [0, 0.1) is 6.92 Å². The first-order valence-electron chi connectivity index (χ1n) is 11.4. The molecule has 0 bridgehead atoms. The molecule has 9 heteroatoms. The highest BCUT2D eigenvalue weighted by Crippen LogP contribution is 2.34. The lowest BCUT2D eigenvalue weighted by molar-refractivity contribution is -0.122. The number of para-hydroxylation sites is 1. The quantitative estimate of drug-likeness (QED) is 0.556. The lowest BCUT2D eigenvalue weighted by Gasteiger charge is -2.24. The number of hydrogen-bond acceptors (Lipinski definition) is 5. The van der Waals surface area contributed by atoms with Gasteiger partial charge in [-0.2, -0.15) is 0 Å². The van der Waals surface area contributed by atoms with Crippen LogP contribution in [0.15, 0.2) is 60.9 Å². The zero-order valence-electron chi connectivity index (χ0n) is 19.3. The van der Waals surface area contributed by atoms with Crippen molar-refractivity contribution in [3.63, 3.8) is 0 Å². The van der Waals surface area contributed by atoms with Gasteiger partial charge in [-0.1, -0.05) is 29.5 Å². The smallest absolute Gasteiger partial charge is 0.252 e. The maximum atomic E-state index is 13.4. The molecule has 2 aliphatic rings. The maximum absolute atomic E-state index is 13.4. The van der Waals surface area contributed by atoms with Crippen molar-refractivity contribution in [1.29, 1.82) is 0 Å². The number of anilines is 1. The number of hydrogen-bond donors (Lipinski definition) is 0. The number of halogens is 1. The van der Waals surface area contributed by atoms with Crippen molar-refractivity contribution in [2.45, 2.75) is 38.1 Å². The summed E-state index contributed by atoms with van der Waals surface area (Å²) in [6.07, 6.45) is 11.7. The lowest BCUT2D eigenvalue weighted by Crippen LogP contribution is -2.38. The molecule has 2 aromatic heterocycles. The van der Waals surface area contributed by atoms with Crippen LogP contribution < -0.4 is 4.90 Å². The van der Waals surface area contributed by atoms with Gasteiger partial charge in [0, 0.05) is 24.0 Å². The van der Waals surface area contributed by atoms with Crippen molar-refractivity contribution in [3.8, 4) is 0 Å². The van der Waals surface area contributed by atoms with Crippen LogP contribution in [0.5, 0.6) is 0 Å². The van der Waals surface area contributed by atoms with Gasteiger partial charge in [-0.15, -0.1) is 5.10 Å². The SMILES string of the molecule is COC1=CC(c2cn(C3CCc4ccccc4N(CCF)C3=O)nn2)CC=C1n1cnc(C)c1. The van der Waals surface area contributed by atoms with Crippen molar-refractivity contribution in [2.75, 3.05) is 25.2 Å². The van der Waals surface area contributed by atoms with Crippen LogP contribution in [0.3, 0.4) is 0 Å². The summed E-state index contributed by atoms with van der Waals surface area (Å²) in [6, 6.07) is 7.16. The number of nitrogens with zero attached hydrogens (tertiary/aromatic N) is 6. The number of rotatable bonds is 6. The van der Waals surface area contributed by atoms with Crippen molar-refractivity contribution in [3.05, 3.63) is 77.8 Å². The fraction of sp³-hybridized carbons (Fsp3) is 0.360. The zero-order chi connectivity index (χ0) is 23.7. The van der Waals surface area contributed by atoms with E-state index in [1.54, 1.807) is 23.0 Å². The number of aryl methyl sites for hydroxylation is 2. The number of allylic oxidation sites excluding steroid dienone is 3. The third-order valence-electron chi connectivity index (χ3n) is 6.44. The minimum absolute atomic E-state index is 0.0256. The Labute approximate surface area is 197 Å². The van der Waals surface area contributed by atoms with Gasteiger partial charge < -0.3 is 14.2 Å². The Bertz CT molecular complexity index is 1260. The lowest BCUT2D eigenvalue weighted by atomic mass is 9.95. The van der Waals surface area contributed by atoms with Gasteiger partial charge in [-0.05, 0) is 43.9 Å². The molecule has 2 unspecified atom stereocenters. The molecule has 3 aromatic rings. The topological polar surface area (TPSA) is 78.1 Å². The number of methoxy groups -OCH3 is 1. The summed E-state index contributed by atoms with van der Waals surface area (Å²) >= 11 is 0. The van der Waals surface area contributed by atoms with Gasteiger partial charge in [0.05, 0.1) is 37.1 Å². The fourth-order valence-electron chi connectivity index (χ4n) is 4.71. The number of alkyl halides is 1. The Morgan fingerprint density at radius 1 is 1.24 bits per heavy atom. The molecule has 1 aromatic carbocycles. The van der Waals surface area contributed by atoms with Gasteiger partial charge in [0.2, 0.25) is 0 Å². The predicted octanol–water partition coefficient (Wildman–Crippen LogP) is 3.83. The first-order valence-corrected chi connectivity index (χ1v) is 11.4. The molecule has 0 saturated heterocycles. The van der Waals surface area contributed by atoms with E-state index in [0.29, 0.717) is 12.8 Å². The Hall–Kier alpha value is -3.75. The van der Waals surface area contributed by atoms with Crippen LogP contribution in [-0.2, 0) is 16.0 Å². The first-order chi connectivity index (χ1) is 16.6. The van der Waals surface area contributed by atoms with E-state index in [1.807, 2.05) is 54.2 Å². The predicted molar refractivity (Wildman–Crippen MR) is 126 cm³/mol. The molecule has 1 amide bonds. The summed E-state index contributed by atoms with van der Waals surface area (Å²) < 4.78 is 22.5. The van der Waals surface area contributed by atoms with Crippen molar-refractivity contribution in [1.82, 2.24) is 24.5 Å². The van der Waals surface area contributed by atoms with E-state index in [2.05, 4.69) is 21.4 Å². The van der Waals surface area contributed by atoms with Gasteiger partial charge in [-0.25, -0.2) is 14.1 Å². The first kappa shape index (κ1) is 22.1. The van der Waals surface area contributed by atoms with Gasteiger partial charge in [-0.3, -0.25) is 4.79 Å². The molecule has 34 heavy (non-hydrogen) atoms. The van der Waals surface area contributed by atoms with Gasteiger partial charge in [0.25, 0.3) is 5.91 Å². The van der Waals surface area contributed by atoms with Crippen LogP contribution in [0.25, 0.3) is 5.70 Å². The molecular formula is C25H27FN6O2. The highest BCUT2D eigenvalue weighted by Gasteiger charge is 2.33. The van der Waals surface area contributed by atoms with Gasteiger partial charge in [0.1, 0.15) is 18.5 Å². The van der Waals surface area contributed by atoms with Gasteiger partial charge in [0.15, 0.2) is 0 Å². The van der Waals surface area contributed by atoms with Gasteiger partial charge >= 0.3 is 0 Å². The van der Waals surface area contributed by atoms with E-state index in [0.717, 1.165) is 40.5 Å². The van der Waals surface area contributed by atoms with Crippen LogP contribution in [0.1, 0.15) is 41.8 Å². The number of benzene rings is 1. The number of imidazole rings is 1. The van der Waals surface area contributed by atoms with E-state index in [4.69, 9.17) is 4.74 Å². The molecule has 0 fully saturated rings. The zero-order valence-corrected chi connectivity index (χ0v) is 19.3. The summed E-state index contributed by atoms with van der Waals surface area (Å²) in [5, 5.41) is 8.71. The van der Waals surface area contributed by atoms with Crippen molar-refractivity contribution >= 4 is 17.3 Å². The minimum Gasteiger partial charge on any atom is -0.495 e. The molecule has 0 saturated carbocycles. The summed E-state index contributed by atoms with van der Waals surface area (Å²) in [7, 11) is 1.64. The Morgan fingerprint density at radius 3 is 2.85 bits per heavy atom. The summed E-state index contributed by atoms with van der Waals surface area (Å²) in [5.41, 5.74) is 4.45. The van der Waals surface area contributed by atoms with E-state index in [9.17, 15) is 9.18 Å². The molecule has 3 heterocycles. The normalized spacial score (nSPS) is 20.4. The molecule has 2 atom stereocenters. The largest absolute Gasteiger partial charge is 0.495 e. The van der Waals surface area contributed by atoms with E-state index in [-0.39, 0.29) is 18.4 Å². The summed E-state index contributed by atoms with van der Waals surface area (Å²) in [4.78, 5) is 19.2. The van der Waals surface area contributed by atoms with E-state index >= 15 is 0 Å². The number of amides is 1. The molecule has 8 nitrogen and oxygen atoms in total. The number of fused-ring (bicyclic) bond motifs is 1.